The molecule has 0 bridgehead atoms. The summed E-state index contributed by atoms with van der Waals surface area (Å²) in [5, 5.41) is 10.9. The van der Waals surface area contributed by atoms with Crippen LogP contribution in [0.2, 0.25) is 0 Å². The summed E-state index contributed by atoms with van der Waals surface area (Å²) < 4.78 is 0. The van der Waals surface area contributed by atoms with Crippen molar-refractivity contribution in [1.82, 2.24) is 14.8 Å². The van der Waals surface area contributed by atoms with Gasteiger partial charge in [-0.05, 0) is 38.9 Å². The van der Waals surface area contributed by atoms with Gasteiger partial charge in [0, 0.05) is 51.5 Å². The van der Waals surface area contributed by atoms with Crippen molar-refractivity contribution >= 4 is 5.69 Å². The molecule has 2 aliphatic heterocycles. The predicted molar refractivity (Wildman–Crippen MR) is 101 cm³/mol. The van der Waals surface area contributed by atoms with Crippen LogP contribution in [0, 0.1) is 6.92 Å². The van der Waals surface area contributed by atoms with Crippen molar-refractivity contribution in [2.45, 2.75) is 39.2 Å². The summed E-state index contributed by atoms with van der Waals surface area (Å²) in [5.41, 5.74) is 1.70. The van der Waals surface area contributed by atoms with Crippen molar-refractivity contribution in [2.75, 3.05) is 57.8 Å². The molecule has 1 aromatic rings. The number of piperidine rings is 1. The van der Waals surface area contributed by atoms with Gasteiger partial charge < -0.3 is 14.9 Å². The molecule has 0 saturated carbocycles. The van der Waals surface area contributed by atoms with E-state index in [2.05, 4.69) is 38.9 Å². The third-order valence-corrected chi connectivity index (χ3v) is 5.07. The minimum absolute atomic E-state index is 0.523. The molecule has 2 saturated heterocycles. The lowest BCUT2D eigenvalue weighted by molar-refractivity contribution is -0.0250. The molecule has 3 rings (SSSR count). The number of pyridine rings is 1. The predicted octanol–water partition coefficient (Wildman–Crippen LogP) is 1.99. The van der Waals surface area contributed by atoms with Crippen LogP contribution in [0.1, 0.15) is 32.4 Å². The fourth-order valence-electron chi connectivity index (χ4n) is 3.41. The van der Waals surface area contributed by atoms with Crippen molar-refractivity contribution in [3.05, 3.63) is 24.0 Å². The van der Waals surface area contributed by atoms with Crippen molar-refractivity contribution < 1.29 is 5.11 Å². The maximum Gasteiger partial charge on any atom is 0.0807 e. The molecule has 136 valence electrons. The van der Waals surface area contributed by atoms with E-state index in [1.54, 1.807) is 0 Å². The zero-order valence-corrected chi connectivity index (χ0v) is 15.8. The van der Waals surface area contributed by atoms with Gasteiger partial charge in [0.2, 0.25) is 0 Å². The zero-order chi connectivity index (χ0) is 17.6. The number of anilines is 1. The SMILES string of the molecule is CC.Cc1ccc(N2CCC(O)(CN3CCN(C)CC3)CC2)cn1. The molecule has 0 radical (unpaired) electrons. The molecule has 0 atom stereocenters. The van der Waals surface area contributed by atoms with Gasteiger partial charge in [-0.3, -0.25) is 9.88 Å². The van der Waals surface area contributed by atoms with Crippen LogP contribution >= 0.6 is 0 Å². The van der Waals surface area contributed by atoms with Gasteiger partial charge >= 0.3 is 0 Å². The molecule has 0 aromatic carbocycles. The molecule has 0 spiro atoms. The van der Waals surface area contributed by atoms with Crippen molar-refractivity contribution in [3.8, 4) is 0 Å². The van der Waals surface area contributed by atoms with Crippen molar-refractivity contribution in [1.29, 1.82) is 0 Å². The van der Waals surface area contributed by atoms with Gasteiger partial charge in [-0.2, -0.15) is 0 Å². The van der Waals surface area contributed by atoms with Crippen LogP contribution in [-0.4, -0.2) is 78.4 Å². The Bertz CT molecular complexity index is 475. The van der Waals surface area contributed by atoms with E-state index in [-0.39, 0.29) is 0 Å². The minimum atomic E-state index is -0.523. The van der Waals surface area contributed by atoms with E-state index in [1.165, 1.54) is 5.69 Å². The third-order valence-electron chi connectivity index (χ3n) is 5.07. The Balaban J connectivity index is 0.00000100. The standard InChI is InChI=1S/C17H28N4O.C2H6/c1-15-3-4-16(13-18-15)21-7-5-17(22,6-8-21)14-20-11-9-19(2)10-12-20;1-2/h3-4,13,22H,5-12,14H2,1-2H3;1-2H3. The van der Waals surface area contributed by atoms with Gasteiger partial charge in [0.15, 0.2) is 0 Å². The van der Waals surface area contributed by atoms with Crippen molar-refractivity contribution in [3.63, 3.8) is 0 Å². The summed E-state index contributed by atoms with van der Waals surface area (Å²) in [6, 6.07) is 4.19. The molecule has 24 heavy (non-hydrogen) atoms. The monoisotopic (exact) mass is 334 g/mol. The smallest absolute Gasteiger partial charge is 0.0807 e. The Labute approximate surface area is 147 Å². The summed E-state index contributed by atoms with van der Waals surface area (Å²) in [4.78, 5) is 11.5. The van der Waals surface area contributed by atoms with E-state index in [4.69, 9.17) is 0 Å². The highest BCUT2D eigenvalue weighted by molar-refractivity contribution is 5.45. The second-order valence-electron chi connectivity index (χ2n) is 6.95. The first-order chi connectivity index (χ1) is 11.5. The van der Waals surface area contributed by atoms with Gasteiger partial charge in [-0.15, -0.1) is 0 Å². The molecule has 5 heteroatoms. The van der Waals surface area contributed by atoms with Crippen LogP contribution in [0.5, 0.6) is 0 Å². The van der Waals surface area contributed by atoms with E-state index in [0.717, 1.165) is 64.3 Å². The first kappa shape index (κ1) is 19.2. The minimum Gasteiger partial charge on any atom is -0.388 e. The van der Waals surface area contributed by atoms with Crippen molar-refractivity contribution in [2.24, 2.45) is 0 Å². The van der Waals surface area contributed by atoms with Gasteiger partial charge in [0.25, 0.3) is 0 Å². The quantitative estimate of drug-likeness (QED) is 0.916. The molecular weight excluding hydrogens is 300 g/mol. The highest BCUT2D eigenvalue weighted by atomic mass is 16.3. The fourth-order valence-corrected chi connectivity index (χ4v) is 3.41. The summed E-state index contributed by atoms with van der Waals surface area (Å²) in [7, 11) is 2.17. The molecule has 5 nitrogen and oxygen atoms in total. The van der Waals surface area contributed by atoms with E-state index in [1.807, 2.05) is 27.0 Å². The number of nitrogens with zero attached hydrogens (tertiary/aromatic N) is 4. The summed E-state index contributed by atoms with van der Waals surface area (Å²) in [6.45, 7) is 13.0. The molecule has 3 heterocycles. The van der Waals surface area contributed by atoms with Crippen LogP contribution < -0.4 is 4.90 Å². The lowest BCUT2D eigenvalue weighted by Gasteiger charge is -2.43. The third kappa shape index (κ3) is 5.16. The van der Waals surface area contributed by atoms with Crippen LogP contribution in [0.25, 0.3) is 0 Å². The number of hydrogen-bond donors (Lipinski definition) is 1. The number of likely N-dealkylation sites (N-methyl/N-ethyl adjacent to an activating group) is 1. The molecule has 0 unspecified atom stereocenters. The Morgan fingerprint density at radius 2 is 1.67 bits per heavy atom. The van der Waals surface area contributed by atoms with Gasteiger partial charge in [0.05, 0.1) is 17.5 Å². The zero-order valence-electron chi connectivity index (χ0n) is 15.8. The van der Waals surface area contributed by atoms with Crippen LogP contribution in [0.3, 0.4) is 0 Å². The average molecular weight is 335 g/mol. The second-order valence-corrected chi connectivity index (χ2v) is 6.95. The number of aryl methyl sites for hydroxylation is 1. The number of aromatic nitrogens is 1. The highest BCUT2D eigenvalue weighted by Crippen LogP contribution is 2.27. The number of β-amino-alcohol motifs (C(OH)–C–C–N with tert-alkyl or cyclic N) is 1. The summed E-state index contributed by atoms with van der Waals surface area (Å²) in [6.07, 6.45) is 3.63. The van der Waals surface area contributed by atoms with E-state index >= 15 is 0 Å². The highest BCUT2D eigenvalue weighted by Gasteiger charge is 2.34. The number of rotatable bonds is 3. The maximum absolute atomic E-state index is 10.9. The Morgan fingerprint density at radius 1 is 1.04 bits per heavy atom. The molecule has 0 aliphatic carbocycles. The molecule has 1 aromatic heterocycles. The molecular formula is C19H34N4O. The van der Waals surface area contributed by atoms with Crippen LogP contribution in [0.15, 0.2) is 18.3 Å². The first-order valence-corrected chi connectivity index (χ1v) is 9.35. The Morgan fingerprint density at radius 3 is 2.21 bits per heavy atom. The first-order valence-electron chi connectivity index (χ1n) is 9.35. The van der Waals surface area contributed by atoms with E-state index in [0.29, 0.717) is 0 Å². The molecule has 2 fully saturated rings. The van der Waals surface area contributed by atoms with Crippen LogP contribution in [-0.2, 0) is 0 Å². The lowest BCUT2D eigenvalue weighted by Crippen LogP contribution is -2.54. The second kappa shape index (κ2) is 8.79. The number of hydrogen-bond acceptors (Lipinski definition) is 5. The van der Waals surface area contributed by atoms with E-state index < -0.39 is 5.60 Å². The number of aliphatic hydroxyl groups is 1. The molecule has 2 aliphatic rings. The Hall–Kier alpha value is -1.17. The Kier molecular flexibility index (Phi) is 7.02. The molecule has 1 N–H and O–H groups in total. The van der Waals surface area contributed by atoms with Gasteiger partial charge in [-0.25, -0.2) is 0 Å². The van der Waals surface area contributed by atoms with E-state index in [9.17, 15) is 5.11 Å². The maximum atomic E-state index is 10.9. The molecule has 0 amide bonds. The largest absolute Gasteiger partial charge is 0.388 e. The number of piperazine rings is 1. The van der Waals surface area contributed by atoms with Crippen LogP contribution in [0.4, 0.5) is 5.69 Å². The fraction of sp³-hybridized carbons (Fsp3) is 0.737. The van der Waals surface area contributed by atoms with Gasteiger partial charge in [0.1, 0.15) is 0 Å². The topological polar surface area (TPSA) is 42.8 Å². The lowest BCUT2D eigenvalue weighted by atomic mass is 9.90. The summed E-state index contributed by atoms with van der Waals surface area (Å²) in [5.74, 6) is 0. The normalized spacial score (nSPS) is 22.0. The van der Waals surface area contributed by atoms with Gasteiger partial charge in [-0.1, -0.05) is 13.8 Å². The summed E-state index contributed by atoms with van der Waals surface area (Å²) >= 11 is 0. The average Bonchev–Trinajstić information content (AvgIpc) is 2.60.